The molecule has 1 aromatic heterocycles. The fourth-order valence-corrected chi connectivity index (χ4v) is 3.71. The molecule has 0 atom stereocenters. The standard InChI is InChI=1S/C20H21BrN4O2/c1-26-18-11-16-17(12-19(18)27-2)22-13-23-20(16)25-9-7-24(8-10-25)15-5-3-14(21)4-6-15/h3-6,11-13H,7-10H2,1-2H3. The van der Waals surface area contributed by atoms with Gasteiger partial charge in [-0.05, 0) is 30.3 Å². The van der Waals surface area contributed by atoms with E-state index < -0.39 is 0 Å². The van der Waals surface area contributed by atoms with Crippen LogP contribution in [0.3, 0.4) is 0 Å². The highest BCUT2D eigenvalue weighted by Gasteiger charge is 2.21. The second kappa shape index (κ2) is 7.60. The molecule has 6 nitrogen and oxygen atoms in total. The van der Waals surface area contributed by atoms with E-state index in [4.69, 9.17) is 9.47 Å². The summed E-state index contributed by atoms with van der Waals surface area (Å²) >= 11 is 3.49. The van der Waals surface area contributed by atoms with E-state index >= 15 is 0 Å². The zero-order valence-corrected chi connectivity index (χ0v) is 16.9. The summed E-state index contributed by atoms with van der Waals surface area (Å²) in [5.74, 6) is 2.31. The second-order valence-electron chi connectivity index (χ2n) is 6.37. The predicted octanol–water partition coefficient (Wildman–Crippen LogP) is 3.74. The molecule has 27 heavy (non-hydrogen) atoms. The van der Waals surface area contributed by atoms with E-state index in [2.05, 4.69) is 60.0 Å². The van der Waals surface area contributed by atoms with E-state index in [0.29, 0.717) is 11.5 Å². The number of hydrogen-bond acceptors (Lipinski definition) is 6. The van der Waals surface area contributed by atoms with Crippen LogP contribution in [0.2, 0.25) is 0 Å². The molecule has 1 aliphatic rings. The molecule has 2 heterocycles. The molecule has 0 N–H and O–H groups in total. The summed E-state index contributed by atoms with van der Waals surface area (Å²) in [7, 11) is 3.28. The summed E-state index contributed by atoms with van der Waals surface area (Å²) in [5.41, 5.74) is 2.10. The van der Waals surface area contributed by atoms with E-state index in [1.165, 1.54) is 5.69 Å². The van der Waals surface area contributed by atoms with Crippen molar-refractivity contribution >= 4 is 38.3 Å². The molecule has 0 radical (unpaired) electrons. The van der Waals surface area contributed by atoms with Crippen LogP contribution in [-0.4, -0.2) is 50.4 Å². The van der Waals surface area contributed by atoms with Crippen LogP contribution >= 0.6 is 15.9 Å². The Morgan fingerprint density at radius 1 is 0.852 bits per heavy atom. The van der Waals surface area contributed by atoms with Gasteiger partial charge in [0.05, 0.1) is 19.7 Å². The van der Waals surface area contributed by atoms with E-state index in [0.717, 1.165) is 47.4 Å². The lowest BCUT2D eigenvalue weighted by Gasteiger charge is -2.37. The molecule has 0 saturated carbocycles. The molecule has 4 rings (SSSR count). The van der Waals surface area contributed by atoms with Crippen LogP contribution in [0.4, 0.5) is 11.5 Å². The van der Waals surface area contributed by atoms with Crippen molar-refractivity contribution in [3.8, 4) is 11.5 Å². The fourth-order valence-electron chi connectivity index (χ4n) is 3.45. The average Bonchev–Trinajstić information content (AvgIpc) is 2.73. The van der Waals surface area contributed by atoms with Crippen LogP contribution in [0.1, 0.15) is 0 Å². The van der Waals surface area contributed by atoms with Crippen LogP contribution in [0.5, 0.6) is 11.5 Å². The molecular formula is C20H21BrN4O2. The lowest BCUT2D eigenvalue weighted by atomic mass is 10.1. The number of halogens is 1. The van der Waals surface area contributed by atoms with Crippen molar-refractivity contribution in [2.75, 3.05) is 50.2 Å². The third kappa shape index (κ3) is 3.51. The highest BCUT2D eigenvalue weighted by atomic mass is 79.9. The molecule has 0 spiro atoms. The van der Waals surface area contributed by atoms with Crippen molar-refractivity contribution in [3.05, 3.63) is 47.2 Å². The Morgan fingerprint density at radius 2 is 1.48 bits per heavy atom. The summed E-state index contributed by atoms with van der Waals surface area (Å²) in [6.45, 7) is 3.69. The molecule has 1 aliphatic heterocycles. The van der Waals surface area contributed by atoms with Crippen molar-refractivity contribution in [2.24, 2.45) is 0 Å². The minimum absolute atomic E-state index is 0.676. The molecule has 0 aliphatic carbocycles. The van der Waals surface area contributed by atoms with Crippen LogP contribution in [-0.2, 0) is 0 Å². The zero-order valence-electron chi connectivity index (χ0n) is 15.4. The van der Waals surface area contributed by atoms with Gasteiger partial charge < -0.3 is 19.3 Å². The average molecular weight is 429 g/mol. The van der Waals surface area contributed by atoms with Crippen LogP contribution in [0.15, 0.2) is 47.2 Å². The summed E-state index contributed by atoms with van der Waals surface area (Å²) in [6, 6.07) is 12.3. The third-order valence-electron chi connectivity index (χ3n) is 4.89. The Kier molecular flexibility index (Phi) is 5.03. The maximum absolute atomic E-state index is 5.46. The van der Waals surface area contributed by atoms with E-state index in [-0.39, 0.29) is 0 Å². The molecule has 140 valence electrons. The number of hydrogen-bond donors (Lipinski definition) is 0. The van der Waals surface area contributed by atoms with E-state index in [1.54, 1.807) is 20.5 Å². The number of benzene rings is 2. The summed E-state index contributed by atoms with van der Waals surface area (Å²) in [4.78, 5) is 13.7. The predicted molar refractivity (Wildman–Crippen MR) is 111 cm³/mol. The van der Waals surface area contributed by atoms with Gasteiger partial charge in [-0.1, -0.05) is 15.9 Å². The number of anilines is 2. The van der Waals surface area contributed by atoms with Crippen molar-refractivity contribution in [2.45, 2.75) is 0 Å². The first kappa shape index (κ1) is 17.9. The van der Waals surface area contributed by atoms with Gasteiger partial charge in [-0.15, -0.1) is 0 Å². The SMILES string of the molecule is COc1cc2ncnc(N3CCN(c4ccc(Br)cc4)CC3)c2cc1OC. The van der Waals surface area contributed by atoms with Crippen molar-refractivity contribution in [1.82, 2.24) is 9.97 Å². The van der Waals surface area contributed by atoms with Crippen LogP contribution in [0.25, 0.3) is 10.9 Å². The highest BCUT2D eigenvalue weighted by molar-refractivity contribution is 9.10. The van der Waals surface area contributed by atoms with Crippen LogP contribution < -0.4 is 19.3 Å². The van der Waals surface area contributed by atoms with Crippen LogP contribution in [0, 0.1) is 0 Å². The molecule has 7 heteroatoms. The van der Waals surface area contributed by atoms with Crippen molar-refractivity contribution in [3.63, 3.8) is 0 Å². The number of fused-ring (bicyclic) bond motifs is 1. The molecule has 2 aromatic carbocycles. The fraction of sp³-hybridized carbons (Fsp3) is 0.300. The maximum Gasteiger partial charge on any atom is 0.162 e. The van der Waals surface area contributed by atoms with Gasteiger partial charge in [-0.2, -0.15) is 0 Å². The van der Waals surface area contributed by atoms with Gasteiger partial charge >= 0.3 is 0 Å². The van der Waals surface area contributed by atoms with Gasteiger partial charge in [0, 0.05) is 47.8 Å². The van der Waals surface area contributed by atoms with E-state index in [9.17, 15) is 0 Å². The molecule has 3 aromatic rings. The lowest BCUT2D eigenvalue weighted by molar-refractivity contribution is 0.356. The Labute approximate surface area is 166 Å². The Balaban J connectivity index is 1.59. The zero-order chi connectivity index (χ0) is 18.8. The number of ether oxygens (including phenoxy) is 2. The summed E-state index contributed by atoms with van der Waals surface area (Å²) < 4.78 is 12.0. The molecule has 0 amide bonds. The van der Waals surface area contributed by atoms with Gasteiger partial charge in [0.15, 0.2) is 11.5 Å². The summed E-state index contributed by atoms with van der Waals surface area (Å²) in [6.07, 6.45) is 1.62. The van der Waals surface area contributed by atoms with Gasteiger partial charge in [0.25, 0.3) is 0 Å². The number of rotatable bonds is 4. The van der Waals surface area contributed by atoms with Crippen molar-refractivity contribution in [1.29, 1.82) is 0 Å². The Morgan fingerprint density at radius 3 is 2.15 bits per heavy atom. The lowest BCUT2D eigenvalue weighted by Crippen LogP contribution is -2.46. The van der Waals surface area contributed by atoms with Gasteiger partial charge in [-0.25, -0.2) is 9.97 Å². The number of methoxy groups -OCH3 is 2. The first-order chi connectivity index (χ1) is 13.2. The monoisotopic (exact) mass is 428 g/mol. The highest BCUT2D eigenvalue weighted by Crippen LogP contribution is 2.35. The normalized spacial score (nSPS) is 14.5. The molecule has 1 fully saturated rings. The van der Waals surface area contributed by atoms with Gasteiger partial charge in [-0.3, -0.25) is 0 Å². The minimum Gasteiger partial charge on any atom is -0.493 e. The first-order valence-corrected chi connectivity index (χ1v) is 9.61. The summed E-state index contributed by atoms with van der Waals surface area (Å²) in [5, 5.41) is 0.979. The van der Waals surface area contributed by atoms with E-state index in [1.807, 2.05) is 12.1 Å². The number of aromatic nitrogens is 2. The first-order valence-electron chi connectivity index (χ1n) is 8.82. The maximum atomic E-state index is 5.46. The van der Waals surface area contributed by atoms with Crippen molar-refractivity contribution < 1.29 is 9.47 Å². The van der Waals surface area contributed by atoms with Gasteiger partial charge in [0.2, 0.25) is 0 Å². The molecular weight excluding hydrogens is 408 g/mol. The molecule has 0 unspecified atom stereocenters. The minimum atomic E-state index is 0.676. The quantitative estimate of drug-likeness (QED) is 0.630. The molecule has 1 saturated heterocycles. The molecule has 0 bridgehead atoms. The third-order valence-corrected chi connectivity index (χ3v) is 5.42. The smallest absolute Gasteiger partial charge is 0.162 e. The topological polar surface area (TPSA) is 50.7 Å². The second-order valence-corrected chi connectivity index (χ2v) is 7.29. The number of nitrogens with zero attached hydrogens (tertiary/aromatic N) is 4. The van der Waals surface area contributed by atoms with Gasteiger partial charge in [0.1, 0.15) is 12.1 Å². The number of piperazine rings is 1. The largest absolute Gasteiger partial charge is 0.493 e. The Hall–Kier alpha value is -2.54. The Bertz CT molecular complexity index is 941.